The zero-order valence-electron chi connectivity index (χ0n) is 13.3. The molecule has 2 heterocycles. The van der Waals surface area contributed by atoms with Crippen LogP contribution in [0.3, 0.4) is 0 Å². The Kier molecular flexibility index (Phi) is 5.34. The first-order chi connectivity index (χ1) is 11.2. The molecular formula is C15H25N3O5. The van der Waals surface area contributed by atoms with Gasteiger partial charge < -0.3 is 19.3 Å². The Bertz CT molecular complexity index is 441. The van der Waals surface area contributed by atoms with E-state index in [0.29, 0.717) is 52.4 Å². The van der Waals surface area contributed by atoms with Gasteiger partial charge in [-0.2, -0.15) is 0 Å². The smallest absolute Gasteiger partial charge is 0.320 e. The summed E-state index contributed by atoms with van der Waals surface area (Å²) < 4.78 is 11.2. The topological polar surface area (TPSA) is 91.3 Å². The van der Waals surface area contributed by atoms with Crippen molar-refractivity contribution < 1.29 is 24.3 Å². The van der Waals surface area contributed by atoms with Gasteiger partial charge in [0.15, 0.2) is 0 Å². The van der Waals surface area contributed by atoms with Crippen LogP contribution in [0.25, 0.3) is 0 Å². The number of nitrogens with one attached hydrogen (secondary N) is 1. The Labute approximate surface area is 135 Å². The Morgan fingerprint density at radius 3 is 2.52 bits per heavy atom. The zero-order chi connectivity index (χ0) is 16.2. The minimum absolute atomic E-state index is 0.0199. The largest absolute Gasteiger partial charge is 0.378 e. The zero-order valence-corrected chi connectivity index (χ0v) is 13.3. The molecule has 3 aliphatic rings. The Morgan fingerprint density at radius 2 is 1.78 bits per heavy atom. The summed E-state index contributed by atoms with van der Waals surface area (Å²) in [5.41, 5.74) is 1.74. The fourth-order valence-electron chi connectivity index (χ4n) is 3.75. The van der Waals surface area contributed by atoms with Gasteiger partial charge >= 0.3 is 6.03 Å². The van der Waals surface area contributed by atoms with Gasteiger partial charge in [-0.25, -0.2) is 10.3 Å². The van der Waals surface area contributed by atoms with Gasteiger partial charge in [0.05, 0.1) is 25.9 Å². The average molecular weight is 327 g/mol. The van der Waals surface area contributed by atoms with Gasteiger partial charge in [0.25, 0.3) is 0 Å². The van der Waals surface area contributed by atoms with Gasteiger partial charge in [-0.1, -0.05) is 0 Å². The lowest BCUT2D eigenvalue weighted by molar-refractivity contribution is -0.137. The maximum Gasteiger partial charge on any atom is 0.320 e. The van der Waals surface area contributed by atoms with Crippen LogP contribution in [0.15, 0.2) is 0 Å². The molecule has 2 N–H and O–H groups in total. The summed E-state index contributed by atoms with van der Waals surface area (Å²) in [6.07, 6.45) is 2.14. The Balaban J connectivity index is 1.59. The molecule has 0 aromatic carbocycles. The second kappa shape index (κ2) is 7.46. The van der Waals surface area contributed by atoms with Crippen molar-refractivity contribution in [1.82, 2.24) is 15.3 Å². The van der Waals surface area contributed by atoms with Crippen molar-refractivity contribution in [3.05, 3.63) is 0 Å². The molecule has 3 amide bonds. The van der Waals surface area contributed by atoms with Gasteiger partial charge in [0.1, 0.15) is 0 Å². The number of rotatable bonds is 1. The highest BCUT2D eigenvalue weighted by Crippen LogP contribution is 2.33. The van der Waals surface area contributed by atoms with E-state index in [1.165, 1.54) is 0 Å². The van der Waals surface area contributed by atoms with Crippen molar-refractivity contribution in [2.45, 2.75) is 25.4 Å². The highest BCUT2D eigenvalue weighted by Gasteiger charge is 2.38. The van der Waals surface area contributed by atoms with Crippen LogP contribution in [-0.2, 0) is 14.3 Å². The molecule has 1 saturated carbocycles. The fraction of sp³-hybridized carbons (Fsp3) is 0.867. The molecule has 3 rings (SSSR count). The number of carbonyl (C=O) groups is 2. The molecule has 8 nitrogen and oxygen atoms in total. The van der Waals surface area contributed by atoms with Gasteiger partial charge in [-0.3, -0.25) is 10.0 Å². The van der Waals surface area contributed by atoms with Crippen LogP contribution < -0.4 is 5.48 Å². The first-order valence-electron chi connectivity index (χ1n) is 8.36. The lowest BCUT2D eigenvalue weighted by Crippen LogP contribution is -2.50. The molecule has 0 radical (unpaired) electrons. The number of nitrogens with zero attached hydrogens (tertiary/aromatic N) is 2. The van der Waals surface area contributed by atoms with Crippen molar-refractivity contribution in [3.63, 3.8) is 0 Å². The number of morpholine rings is 1. The monoisotopic (exact) mass is 327 g/mol. The highest BCUT2D eigenvalue weighted by atomic mass is 16.5. The molecule has 0 bridgehead atoms. The Hall–Kier alpha value is -1.38. The third-order valence-corrected chi connectivity index (χ3v) is 5.11. The van der Waals surface area contributed by atoms with Crippen molar-refractivity contribution in [2.75, 3.05) is 46.0 Å². The number of hydrogen-bond acceptors (Lipinski definition) is 5. The summed E-state index contributed by atoms with van der Waals surface area (Å²) in [6.45, 7) is 4.23. The van der Waals surface area contributed by atoms with Gasteiger partial charge in [-0.05, 0) is 19.3 Å². The molecule has 130 valence electrons. The van der Waals surface area contributed by atoms with Gasteiger partial charge in [0, 0.05) is 38.0 Å². The van der Waals surface area contributed by atoms with Crippen LogP contribution >= 0.6 is 0 Å². The number of hydroxylamine groups is 1. The summed E-state index contributed by atoms with van der Waals surface area (Å²) in [4.78, 5) is 28.0. The van der Waals surface area contributed by atoms with Crippen LogP contribution in [0.1, 0.15) is 19.3 Å². The molecule has 23 heavy (non-hydrogen) atoms. The number of fused-ring (bicyclic) bond motifs is 1. The minimum atomic E-state index is -0.336. The molecule has 3 fully saturated rings. The quantitative estimate of drug-likeness (QED) is 0.525. The molecule has 0 spiro atoms. The molecule has 3 atom stereocenters. The predicted octanol–water partition coefficient (Wildman–Crippen LogP) is 0.0611. The summed E-state index contributed by atoms with van der Waals surface area (Å²) in [6, 6.07) is 0.0628. The van der Waals surface area contributed by atoms with Crippen molar-refractivity contribution in [1.29, 1.82) is 0 Å². The van der Waals surface area contributed by atoms with Gasteiger partial charge in [0.2, 0.25) is 5.91 Å². The number of carbonyl (C=O) groups excluding carboxylic acids is 2. The molecule has 1 aliphatic carbocycles. The van der Waals surface area contributed by atoms with E-state index in [4.69, 9.17) is 14.7 Å². The van der Waals surface area contributed by atoms with E-state index in [0.717, 1.165) is 12.8 Å². The number of ether oxygens (including phenoxy) is 2. The van der Waals surface area contributed by atoms with E-state index in [1.807, 2.05) is 9.80 Å². The van der Waals surface area contributed by atoms with Crippen LogP contribution in [0, 0.1) is 11.8 Å². The van der Waals surface area contributed by atoms with Crippen molar-refractivity contribution in [2.24, 2.45) is 11.8 Å². The molecule has 8 heteroatoms. The molecule has 0 aromatic rings. The third kappa shape index (κ3) is 3.76. The minimum Gasteiger partial charge on any atom is -0.378 e. The summed E-state index contributed by atoms with van der Waals surface area (Å²) in [5, 5.41) is 8.79. The second-order valence-electron chi connectivity index (χ2n) is 6.48. The summed E-state index contributed by atoms with van der Waals surface area (Å²) in [7, 11) is 0. The fourth-order valence-corrected chi connectivity index (χ4v) is 3.75. The van der Waals surface area contributed by atoms with Crippen LogP contribution in [-0.4, -0.2) is 79.0 Å². The molecule has 0 aromatic heterocycles. The predicted molar refractivity (Wildman–Crippen MR) is 79.9 cm³/mol. The third-order valence-electron chi connectivity index (χ3n) is 5.11. The number of hydrogen-bond donors (Lipinski definition) is 2. The summed E-state index contributed by atoms with van der Waals surface area (Å²) in [5.74, 6) is -0.287. The molecule has 3 unspecified atom stereocenters. The normalized spacial score (nSPS) is 32.0. The number of urea groups is 1. The van der Waals surface area contributed by atoms with Crippen LogP contribution in [0.5, 0.6) is 0 Å². The van der Waals surface area contributed by atoms with E-state index in [9.17, 15) is 9.59 Å². The number of amides is 3. The standard InChI is InChI=1S/C15H25N3O5/c19-14(16-21)11-1-2-12-10-18(5-8-23-13(12)9-11)15(20)17-3-6-22-7-4-17/h11-13,21H,1-10H2,(H,16,19). The van der Waals surface area contributed by atoms with E-state index in [-0.39, 0.29) is 29.9 Å². The van der Waals surface area contributed by atoms with Crippen LogP contribution in [0.2, 0.25) is 0 Å². The van der Waals surface area contributed by atoms with E-state index >= 15 is 0 Å². The van der Waals surface area contributed by atoms with E-state index in [1.54, 1.807) is 5.48 Å². The highest BCUT2D eigenvalue weighted by molar-refractivity contribution is 5.77. The Morgan fingerprint density at radius 1 is 1.04 bits per heavy atom. The van der Waals surface area contributed by atoms with Crippen LogP contribution in [0.4, 0.5) is 4.79 Å². The maximum absolute atomic E-state index is 12.6. The molecular weight excluding hydrogens is 302 g/mol. The first-order valence-corrected chi connectivity index (χ1v) is 8.36. The van der Waals surface area contributed by atoms with Crippen molar-refractivity contribution >= 4 is 11.9 Å². The molecule has 2 aliphatic heterocycles. The first kappa shape index (κ1) is 16.5. The van der Waals surface area contributed by atoms with Gasteiger partial charge in [-0.15, -0.1) is 0 Å². The SMILES string of the molecule is O=C(NO)C1CCC2CN(C(=O)N3CCOCC3)CCOC2C1. The van der Waals surface area contributed by atoms with E-state index in [2.05, 4.69) is 0 Å². The lowest BCUT2D eigenvalue weighted by Gasteiger charge is -2.36. The molecule has 2 saturated heterocycles. The maximum atomic E-state index is 12.6. The lowest BCUT2D eigenvalue weighted by atomic mass is 9.79. The second-order valence-corrected chi connectivity index (χ2v) is 6.48. The summed E-state index contributed by atoms with van der Waals surface area (Å²) >= 11 is 0. The average Bonchev–Trinajstić information content (AvgIpc) is 2.82. The van der Waals surface area contributed by atoms with E-state index < -0.39 is 0 Å². The van der Waals surface area contributed by atoms with Crippen molar-refractivity contribution in [3.8, 4) is 0 Å².